The van der Waals surface area contributed by atoms with Crippen molar-refractivity contribution in [3.8, 4) is 33.0 Å². The molecule has 31 heavy (non-hydrogen) atoms. The van der Waals surface area contributed by atoms with Gasteiger partial charge in [0.2, 0.25) is 0 Å². The molecule has 4 rings (SSSR count). The maximum absolute atomic E-state index is 10.9. The van der Waals surface area contributed by atoms with Crippen molar-refractivity contribution in [2.24, 2.45) is 5.92 Å². The predicted octanol–water partition coefficient (Wildman–Crippen LogP) is 4.05. The van der Waals surface area contributed by atoms with E-state index in [1.807, 2.05) is 32.0 Å². The van der Waals surface area contributed by atoms with E-state index in [1.54, 1.807) is 12.3 Å². The van der Waals surface area contributed by atoms with E-state index < -0.39 is 5.97 Å². The largest absolute Gasteiger partial charge is 0.488 e. The lowest BCUT2D eigenvalue weighted by Gasteiger charge is -2.36. The van der Waals surface area contributed by atoms with Gasteiger partial charge in [-0.3, -0.25) is 9.69 Å². The third-order valence-corrected chi connectivity index (χ3v) is 6.07. The lowest BCUT2D eigenvalue weighted by molar-refractivity contribution is -0.147. The zero-order chi connectivity index (χ0) is 22.0. The first-order chi connectivity index (χ1) is 14.9. The van der Waals surface area contributed by atoms with Gasteiger partial charge < -0.3 is 9.84 Å². The number of aromatic nitrogens is 2. The van der Waals surface area contributed by atoms with Gasteiger partial charge in [0.25, 0.3) is 0 Å². The van der Waals surface area contributed by atoms with Crippen molar-refractivity contribution in [1.29, 1.82) is 5.26 Å². The second-order valence-corrected chi connectivity index (χ2v) is 8.81. The van der Waals surface area contributed by atoms with Crippen LogP contribution in [-0.4, -0.2) is 45.1 Å². The topological polar surface area (TPSA) is 99.3 Å². The van der Waals surface area contributed by atoms with Crippen molar-refractivity contribution in [3.63, 3.8) is 0 Å². The molecule has 1 aromatic carbocycles. The number of pyridine rings is 1. The average molecular weight is 435 g/mol. The van der Waals surface area contributed by atoms with Crippen LogP contribution >= 0.6 is 11.3 Å². The van der Waals surface area contributed by atoms with Crippen LogP contribution in [0.2, 0.25) is 0 Å². The van der Waals surface area contributed by atoms with E-state index in [-0.39, 0.29) is 17.7 Å². The van der Waals surface area contributed by atoms with Crippen LogP contribution in [0.1, 0.15) is 25.1 Å². The molecule has 0 bridgehead atoms. The molecule has 0 saturated carbocycles. The van der Waals surface area contributed by atoms with Crippen molar-refractivity contribution in [1.82, 2.24) is 14.9 Å². The lowest BCUT2D eigenvalue weighted by Crippen LogP contribution is -2.49. The van der Waals surface area contributed by atoms with Gasteiger partial charge in [-0.05, 0) is 31.5 Å². The van der Waals surface area contributed by atoms with Crippen LogP contribution in [-0.2, 0) is 11.3 Å². The summed E-state index contributed by atoms with van der Waals surface area (Å²) in [6.45, 7) is 5.77. The first-order valence-electron chi connectivity index (χ1n) is 10.0. The molecule has 1 aliphatic heterocycles. The number of likely N-dealkylation sites (tertiary alicyclic amines) is 1. The molecule has 0 spiro atoms. The highest BCUT2D eigenvalue weighted by Crippen LogP contribution is 2.33. The first-order valence-corrected chi connectivity index (χ1v) is 10.8. The zero-order valence-corrected chi connectivity index (χ0v) is 18.1. The summed E-state index contributed by atoms with van der Waals surface area (Å²) in [6.07, 6.45) is 1.74. The minimum Gasteiger partial charge on any atom is -0.488 e. The Balaban J connectivity index is 1.45. The van der Waals surface area contributed by atoms with Crippen LogP contribution in [0.15, 0.2) is 42.6 Å². The number of nitriles is 1. The summed E-state index contributed by atoms with van der Waals surface area (Å²) in [4.78, 5) is 22.9. The molecule has 3 heterocycles. The Kier molecular flexibility index (Phi) is 5.98. The number of carboxylic acid groups (broad SMARTS) is 1. The Morgan fingerprint density at radius 3 is 2.68 bits per heavy atom. The number of nitrogens with zero attached hydrogens (tertiary/aromatic N) is 4. The molecule has 0 radical (unpaired) electrons. The molecular formula is C23H22N4O3S. The number of benzene rings is 1. The number of carbonyl (C=O) groups is 1. The normalized spacial score (nSPS) is 14.3. The van der Waals surface area contributed by atoms with Gasteiger partial charge in [0.05, 0.1) is 22.6 Å². The third kappa shape index (κ3) is 4.74. The minimum atomic E-state index is -0.718. The van der Waals surface area contributed by atoms with Gasteiger partial charge in [-0.25, -0.2) is 9.97 Å². The van der Waals surface area contributed by atoms with Gasteiger partial charge in [-0.15, -0.1) is 11.3 Å². The fraction of sp³-hybridized carbons (Fsp3) is 0.304. The predicted molar refractivity (Wildman–Crippen MR) is 118 cm³/mol. The monoisotopic (exact) mass is 434 g/mol. The van der Waals surface area contributed by atoms with Gasteiger partial charge in [0.15, 0.2) is 11.4 Å². The molecule has 1 saturated heterocycles. The molecule has 1 fully saturated rings. The first kappa shape index (κ1) is 21.0. The summed E-state index contributed by atoms with van der Waals surface area (Å²) < 4.78 is 5.64. The Morgan fingerprint density at radius 2 is 2.03 bits per heavy atom. The van der Waals surface area contributed by atoms with Crippen molar-refractivity contribution >= 4 is 17.3 Å². The summed E-state index contributed by atoms with van der Waals surface area (Å²) in [7, 11) is 0. The summed E-state index contributed by atoms with van der Waals surface area (Å²) in [5, 5.41) is 19.3. The van der Waals surface area contributed by atoms with Crippen molar-refractivity contribution < 1.29 is 14.6 Å². The number of carboxylic acids is 1. The SMILES string of the molecule is CC(C)Oc1ccc(-c2cnc(-c3ccc(CN4CC(C(=O)O)C4)cc3)s2)nc1C#N. The van der Waals surface area contributed by atoms with E-state index in [9.17, 15) is 10.1 Å². The van der Waals surface area contributed by atoms with Crippen molar-refractivity contribution in [2.45, 2.75) is 26.5 Å². The van der Waals surface area contributed by atoms with Gasteiger partial charge in [0, 0.05) is 31.4 Å². The number of hydrogen-bond donors (Lipinski definition) is 1. The highest BCUT2D eigenvalue weighted by atomic mass is 32.1. The van der Waals surface area contributed by atoms with Crippen molar-refractivity contribution in [3.05, 3.63) is 53.9 Å². The average Bonchev–Trinajstić information content (AvgIpc) is 3.20. The van der Waals surface area contributed by atoms with Crippen LogP contribution in [0, 0.1) is 17.2 Å². The standard InChI is InChI=1S/C23H22N4O3S/c1-14(2)30-20-8-7-18(26-19(20)9-24)21-10-25-22(31-21)16-5-3-15(4-6-16)11-27-12-17(13-27)23(28)29/h3-8,10,14,17H,11-13H2,1-2H3,(H,28,29). The van der Waals surface area contributed by atoms with E-state index in [1.165, 1.54) is 11.3 Å². The summed E-state index contributed by atoms with van der Waals surface area (Å²) in [5.41, 5.74) is 3.11. The number of aliphatic carboxylic acids is 1. The molecule has 0 atom stereocenters. The van der Waals surface area contributed by atoms with E-state index in [0.29, 0.717) is 24.5 Å². The molecule has 0 amide bonds. The highest BCUT2D eigenvalue weighted by molar-refractivity contribution is 7.18. The fourth-order valence-electron chi connectivity index (χ4n) is 3.40. The van der Waals surface area contributed by atoms with Gasteiger partial charge in [-0.1, -0.05) is 24.3 Å². The summed E-state index contributed by atoms with van der Waals surface area (Å²) in [5.74, 6) is -0.475. The summed E-state index contributed by atoms with van der Waals surface area (Å²) >= 11 is 1.52. The zero-order valence-electron chi connectivity index (χ0n) is 17.3. The molecule has 1 N–H and O–H groups in total. The molecule has 1 aliphatic rings. The number of ether oxygens (including phenoxy) is 1. The molecule has 0 aliphatic carbocycles. The van der Waals surface area contributed by atoms with E-state index in [0.717, 1.165) is 27.6 Å². The van der Waals surface area contributed by atoms with E-state index in [2.05, 4.69) is 33.1 Å². The Hall–Kier alpha value is -3.28. The Bertz CT molecular complexity index is 1130. The molecule has 7 nitrogen and oxygen atoms in total. The van der Waals surface area contributed by atoms with Gasteiger partial charge in [-0.2, -0.15) is 5.26 Å². The molecule has 0 unspecified atom stereocenters. The number of hydrogen-bond acceptors (Lipinski definition) is 7. The Morgan fingerprint density at radius 1 is 1.29 bits per heavy atom. The van der Waals surface area contributed by atoms with Crippen LogP contribution in [0.5, 0.6) is 5.75 Å². The lowest BCUT2D eigenvalue weighted by atomic mass is 9.99. The molecule has 8 heteroatoms. The fourth-order valence-corrected chi connectivity index (χ4v) is 4.30. The molecular weight excluding hydrogens is 412 g/mol. The maximum Gasteiger partial charge on any atom is 0.309 e. The second kappa shape index (κ2) is 8.84. The van der Waals surface area contributed by atoms with Crippen LogP contribution in [0.3, 0.4) is 0 Å². The number of thiazole rings is 1. The smallest absolute Gasteiger partial charge is 0.309 e. The summed E-state index contributed by atoms with van der Waals surface area (Å²) in [6, 6.07) is 13.9. The molecule has 2 aromatic heterocycles. The quantitative estimate of drug-likeness (QED) is 0.599. The second-order valence-electron chi connectivity index (χ2n) is 7.78. The highest BCUT2D eigenvalue weighted by Gasteiger charge is 2.32. The maximum atomic E-state index is 10.9. The van der Waals surface area contributed by atoms with Crippen molar-refractivity contribution in [2.75, 3.05) is 13.1 Å². The van der Waals surface area contributed by atoms with E-state index in [4.69, 9.17) is 9.84 Å². The molecule has 3 aromatic rings. The van der Waals surface area contributed by atoms with Crippen LogP contribution in [0.4, 0.5) is 0 Å². The van der Waals surface area contributed by atoms with Gasteiger partial charge in [0.1, 0.15) is 11.1 Å². The number of rotatable bonds is 7. The van der Waals surface area contributed by atoms with Crippen LogP contribution < -0.4 is 4.74 Å². The Labute approximate surface area is 184 Å². The third-order valence-electron chi connectivity index (χ3n) is 5.00. The molecule has 158 valence electrons. The minimum absolute atomic E-state index is 0.0302. The van der Waals surface area contributed by atoms with Gasteiger partial charge >= 0.3 is 5.97 Å². The van der Waals surface area contributed by atoms with Crippen LogP contribution in [0.25, 0.3) is 21.1 Å². The van der Waals surface area contributed by atoms with E-state index >= 15 is 0 Å².